The molecular weight excluding hydrogens is 280 g/mol. The molecule has 0 saturated heterocycles. The standard InChI is InChI=1S/C13H18N2O4S/c1-11-9-12(10-14)3-4-13(11)20(17,18)15(5-7-16)6-8-19-2/h3-4,9,16H,5-8H2,1-2H3. The van der Waals surface area contributed by atoms with Crippen molar-refractivity contribution in [2.45, 2.75) is 11.8 Å². The maximum atomic E-state index is 12.5. The maximum absolute atomic E-state index is 12.5. The van der Waals surface area contributed by atoms with Crippen LogP contribution >= 0.6 is 0 Å². The number of nitrogens with zero attached hydrogens (tertiary/aromatic N) is 2. The van der Waals surface area contributed by atoms with Crippen LogP contribution in [-0.4, -0.2) is 51.2 Å². The fourth-order valence-corrected chi connectivity index (χ4v) is 3.43. The first-order chi connectivity index (χ1) is 9.47. The highest BCUT2D eigenvalue weighted by Gasteiger charge is 2.25. The van der Waals surface area contributed by atoms with Gasteiger partial charge < -0.3 is 9.84 Å². The average molecular weight is 298 g/mol. The summed E-state index contributed by atoms with van der Waals surface area (Å²) in [6.45, 7) is 1.79. The highest BCUT2D eigenvalue weighted by Crippen LogP contribution is 2.20. The largest absolute Gasteiger partial charge is 0.395 e. The first-order valence-electron chi connectivity index (χ1n) is 6.08. The van der Waals surface area contributed by atoms with E-state index in [9.17, 15) is 8.42 Å². The molecule has 0 atom stereocenters. The number of aryl methyl sites for hydroxylation is 1. The molecule has 0 fully saturated rings. The van der Waals surface area contributed by atoms with Crippen LogP contribution < -0.4 is 0 Å². The zero-order chi connectivity index (χ0) is 15.2. The molecule has 0 aromatic heterocycles. The van der Waals surface area contributed by atoms with Crippen LogP contribution in [0.3, 0.4) is 0 Å². The van der Waals surface area contributed by atoms with Crippen molar-refractivity contribution in [3.05, 3.63) is 29.3 Å². The molecule has 0 spiro atoms. The van der Waals surface area contributed by atoms with Crippen molar-refractivity contribution in [2.24, 2.45) is 0 Å². The van der Waals surface area contributed by atoms with E-state index < -0.39 is 10.0 Å². The number of nitriles is 1. The summed E-state index contributed by atoms with van der Waals surface area (Å²) in [5.41, 5.74) is 0.913. The summed E-state index contributed by atoms with van der Waals surface area (Å²) in [5, 5.41) is 17.8. The highest BCUT2D eigenvalue weighted by atomic mass is 32.2. The minimum atomic E-state index is -3.71. The molecule has 0 unspecified atom stereocenters. The third-order valence-electron chi connectivity index (χ3n) is 2.82. The van der Waals surface area contributed by atoms with Crippen molar-refractivity contribution < 1.29 is 18.3 Å². The van der Waals surface area contributed by atoms with Crippen molar-refractivity contribution in [2.75, 3.05) is 33.4 Å². The number of aliphatic hydroxyl groups excluding tert-OH is 1. The topological polar surface area (TPSA) is 90.6 Å². The molecular formula is C13H18N2O4S. The molecule has 0 radical (unpaired) electrons. The first-order valence-corrected chi connectivity index (χ1v) is 7.52. The van der Waals surface area contributed by atoms with Gasteiger partial charge in [-0.2, -0.15) is 9.57 Å². The molecule has 1 N–H and O–H groups in total. The minimum Gasteiger partial charge on any atom is -0.395 e. The van der Waals surface area contributed by atoms with E-state index in [4.69, 9.17) is 15.1 Å². The van der Waals surface area contributed by atoms with Crippen LogP contribution in [0.15, 0.2) is 23.1 Å². The summed E-state index contributed by atoms with van der Waals surface area (Å²) in [4.78, 5) is 0.140. The van der Waals surface area contributed by atoms with Crippen LogP contribution in [0.25, 0.3) is 0 Å². The number of hydrogen-bond acceptors (Lipinski definition) is 5. The van der Waals surface area contributed by atoms with Crippen molar-refractivity contribution in [3.8, 4) is 6.07 Å². The Morgan fingerprint density at radius 1 is 1.40 bits per heavy atom. The van der Waals surface area contributed by atoms with Crippen LogP contribution in [0.2, 0.25) is 0 Å². The molecule has 0 aliphatic rings. The Labute approximate surface area is 119 Å². The summed E-state index contributed by atoms with van der Waals surface area (Å²) in [7, 11) is -2.22. The van der Waals surface area contributed by atoms with Gasteiger partial charge in [-0.3, -0.25) is 0 Å². The smallest absolute Gasteiger partial charge is 0.243 e. The number of methoxy groups -OCH3 is 1. The van der Waals surface area contributed by atoms with Crippen LogP contribution in [0, 0.1) is 18.3 Å². The average Bonchev–Trinajstić information content (AvgIpc) is 2.42. The Balaban J connectivity index is 3.16. The number of aliphatic hydroxyl groups is 1. The van der Waals surface area contributed by atoms with E-state index in [1.807, 2.05) is 6.07 Å². The van der Waals surface area contributed by atoms with Gasteiger partial charge in [-0.05, 0) is 30.7 Å². The van der Waals surface area contributed by atoms with Gasteiger partial charge in [-0.25, -0.2) is 8.42 Å². The minimum absolute atomic E-state index is 0.00509. The molecule has 6 nitrogen and oxygen atoms in total. The van der Waals surface area contributed by atoms with Gasteiger partial charge in [0.25, 0.3) is 0 Å². The third-order valence-corrected chi connectivity index (χ3v) is 4.87. The summed E-state index contributed by atoms with van der Waals surface area (Å²) < 4.78 is 31.1. The van der Waals surface area contributed by atoms with Crippen molar-refractivity contribution in [1.82, 2.24) is 4.31 Å². The number of sulfonamides is 1. The molecule has 1 aromatic carbocycles. The van der Waals surface area contributed by atoms with Gasteiger partial charge in [0.05, 0.1) is 29.7 Å². The Hall–Kier alpha value is -1.46. The van der Waals surface area contributed by atoms with Crippen molar-refractivity contribution in [1.29, 1.82) is 5.26 Å². The molecule has 7 heteroatoms. The predicted octanol–water partition coefficient (Wildman–Crippen LogP) is 0.496. The molecule has 0 saturated carbocycles. The summed E-state index contributed by atoms with van der Waals surface area (Å²) >= 11 is 0. The van der Waals surface area contributed by atoms with Gasteiger partial charge in [-0.15, -0.1) is 0 Å². The van der Waals surface area contributed by atoms with Gasteiger partial charge in [0.2, 0.25) is 10.0 Å². The lowest BCUT2D eigenvalue weighted by Crippen LogP contribution is -2.36. The van der Waals surface area contributed by atoms with E-state index in [0.717, 1.165) is 0 Å². The zero-order valence-electron chi connectivity index (χ0n) is 11.5. The van der Waals surface area contributed by atoms with E-state index in [-0.39, 0.29) is 31.2 Å². The number of rotatable bonds is 7. The highest BCUT2D eigenvalue weighted by molar-refractivity contribution is 7.89. The lowest BCUT2D eigenvalue weighted by Gasteiger charge is -2.22. The van der Waals surface area contributed by atoms with E-state index >= 15 is 0 Å². The number of benzene rings is 1. The quantitative estimate of drug-likeness (QED) is 0.791. The Morgan fingerprint density at radius 3 is 2.60 bits per heavy atom. The number of hydrogen-bond donors (Lipinski definition) is 1. The SMILES string of the molecule is COCCN(CCO)S(=O)(=O)c1ccc(C#N)cc1C. The van der Waals surface area contributed by atoms with Gasteiger partial charge in [0.15, 0.2) is 0 Å². The summed E-state index contributed by atoms with van der Waals surface area (Å²) in [6.07, 6.45) is 0. The fraction of sp³-hybridized carbons (Fsp3) is 0.462. The third kappa shape index (κ3) is 3.77. The van der Waals surface area contributed by atoms with Crippen molar-refractivity contribution >= 4 is 10.0 Å². The normalized spacial score (nSPS) is 11.6. The monoisotopic (exact) mass is 298 g/mol. The second-order valence-corrected chi connectivity index (χ2v) is 6.12. The van der Waals surface area contributed by atoms with Crippen LogP contribution in [0.4, 0.5) is 0 Å². The molecule has 0 aliphatic carbocycles. The predicted molar refractivity (Wildman–Crippen MR) is 73.6 cm³/mol. The van der Waals surface area contributed by atoms with Crippen molar-refractivity contribution in [3.63, 3.8) is 0 Å². The molecule has 110 valence electrons. The Bertz CT molecular complexity index is 593. The van der Waals surface area contributed by atoms with E-state index in [0.29, 0.717) is 11.1 Å². The second-order valence-electron chi connectivity index (χ2n) is 4.21. The summed E-state index contributed by atoms with van der Waals surface area (Å²) in [5.74, 6) is 0. The lowest BCUT2D eigenvalue weighted by atomic mass is 10.2. The molecule has 0 amide bonds. The van der Waals surface area contributed by atoms with E-state index in [1.165, 1.54) is 29.6 Å². The van der Waals surface area contributed by atoms with Gasteiger partial charge in [0, 0.05) is 20.2 Å². The van der Waals surface area contributed by atoms with Crippen LogP contribution in [0.5, 0.6) is 0 Å². The van der Waals surface area contributed by atoms with Crippen LogP contribution in [-0.2, 0) is 14.8 Å². The molecule has 20 heavy (non-hydrogen) atoms. The molecule has 1 rings (SSSR count). The molecule has 0 bridgehead atoms. The van der Waals surface area contributed by atoms with Gasteiger partial charge in [-0.1, -0.05) is 0 Å². The van der Waals surface area contributed by atoms with E-state index in [2.05, 4.69) is 0 Å². The van der Waals surface area contributed by atoms with E-state index in [1.54, 1.807) is 6.92 Å². The maximum Gasteiger partial charge on any atom is 0.243 e. The Kier molecular flexibility index (Phi) is 6.10. The molecule has 0 aliphatic heterocycles. The number of ether oxygens (including phenoxy) is 1. The fourth-order valence-electron chi connectivity index (χ4n) is 1.80. The molecule has 1 aromatic rings. The lowest BCUT2D eigenvalue weighted by molar-refractivity contribution is 0.168. The second kappa shape index (κ2) is 7.36. The Morgan fingerprint density at radius 2 is 2.10 bits per heavy atom. The molecule has 0 heterocycles. The van der Waals surface area contributed by atoms with Gasteiger partial charge >= 0.3 is 0 Å². The van der Waals surface area contributed by atoms with Gasteiger partial charge in [0.1, 0.15) is 0 Å². The summed E-state index contributed by atoms with van der Waals surface area (Å²) in [6, 6.07) is 6.38. The first kappa shape index (κ1) is 16.6. The zero-order valence-corrected chi connectivity index (χ0v) is 12.4. The van der Waals surface area contributed by atoms with Crippen LogP contribution in [0.1, 0.15) is 11.1 Å².